The maximum Gasteiger partial charge on any atom is 0.511 e. The molecule has 0 spiro atoms. The molecule has 0 radical (unpaired) electrons. The second kappa shape index (κ2) is 7.26. The van der Waals surface area contributed by atoms with Gasteiger partial charge in [-0.15, -0.1) is 0 Å². The third-order valence-corrected chi connectivity index (χ3v) is 4.41. The van der Waals surface area contributed by atoms with Gasteiger partial charge in [-0.3, -0.25) is 0 Å². The van der Waals surface area contributed by atoms with Crippen molar-refractivity contribution in [3.8, 4) is 0 Å². The highest BCUT2D eigenvalue weighted by atomic mass is 32.2. The number of nitrogens with one attached hydrogen (secondary N) is 1. The zero-order valence-electron chi connectivity index (χ0n) is 12.1. The van der Waals surface area contributed by atoms with Gasteiger partial charge in [-0.1, -0.05) is 44.5 Å². The molecule has 0 aliphatic rings. The summed E-state index contributed by atoms with van der Waals surface area (Å²) in [6.45, 7) is 3.50. The molecule has 0 aliphatic carbocycles. The third-order valence-electron chi connectivity index (χ3n) is 3.25. The smallest absolute Gasteiger partial charge is 0.207 e. The van der Waals surface area contributed by atoms with Crippen molar-refractivity contribution < 1.29 is 21.6 Å². The molecule has 1 unspecified atom stereocenters. The van der Waals surface area contributed by atoms with Crippen LogP contribution in [-0.2, 0) is 16.4 Å². The summed E-state index contributed by atoms with van der Waals surface area (Å²) in [5.74, 6) is -0.331. The fourth-order valence-corrected chi connectivity index (χ4v) is 2.46. The Morgan fingerprint density at radius 3 is 2.24 bits per heavy atom. The molecule has 0 aromatic heterocycles. The van der Waals surface area contributed by atoms with E-state index in [4.69, 9.17) is 0 Å². The molecule has 1 aromatic carbocycles. The summed E-state index contributed by atoms with van der Waals surface area (Å²) in [5, 5.41) is 0. The zero-order chi connectivity index (χ0) is 16.1. The standard InChI is InChI=1S/C14H20F3NO2S/c1-3-4-5-12-6-8-13(9-7-12)11(2)10-18-21(19,20)14(15,16)17/h6-9,11,18H,3-5,10H2,1-2H3. The van der Waals surface area contributed by atoms with Gasteiger partial charge in [0, 0.05) is 6.54 Å². The number of sulfonamides is 1. The van der Waals surface area contributed by atoms with Crippen molar-refractivity contribution in [2.24, 2.45) is 0 Å². The molecule has 21 heavy (non-hydrogen) atoms. The van der Waals surface area contributed by atoms with Crippen LogP contribution in [0.3, 0.4) is 0 Å². The number of rotatable bonds is 7. The van der Waals surface area contributed by atoms with Crippen LogP contribution < -0.4 is 4.72 Å². The summed E-state index contributed by atoms with van der Waals surface area (Å²) in [5.41, 5.74) is -3.29. The van der Waals surface area contributed by atoms with E-state index in [2.05, 4.69) is 6.92 Å². The summed E-state index contributed by atoms with van der Waals surface area (Å²) >= 11 is 0. The van der Waals surface area contributed by atoms with E-state index in [9.17, 15) is 21.6 Å². The van der Waals surface area contributed by atoms with Gasteiger partial charge in [0.05, 0.1) is 0 Å². The maximum absolute atomic E-state index is 12.2. The molecule has 0 bridgehead atoms. The van der Waals surface area contributed by atoms with Crippen LogP contribution in [0.1, 0.15) is 43.7 Å². The van der Waals surface area contributed by atoms with Gasteiger partial charge in [0.15, 0.2) is 0 Å². The van der Waals surface area contributed by atoms with Crippen molar-refractivity contribution in [3.63, 3.8) is 0 Å². The number of benzene rings is 1. The fourth-order valence-electron chi connectivity index (χ4n) is 1.83. The van der Waals surface area contributed by atoms with Crippen LogP contribution >= 0.6 is 0 Å². The molecule has 0 fully saturated rings. The molecule has 0 saturated carbocycles. The lowest BCUT2D eigenvalue weighted by molar-refractivity contribution is -0.0447. The topological polar surface area (TPSA) is 46.2 Å². The minimum absolute atomic E-state index is 0.282. The van der Waals surface area contributed by atoms with Crippen LogP contribution in [0, 0.1) is 0 Å². The van der Waals surface area contributed by atoms with Crippen LogP contribution in [0.4, 0.5) is 13.2 Å². The molecule has 120 valence electrons. The lowest BCUT2D eigenvalue weighted by atomic mass is 9.99. The van der Waals surface area contributed by atoms with Crippen molar-refractivity contribution in [1.82, 2.24) is 4.72 Å². The normalized spacial score (nSPS) is 14.1. The summed E-state index contributed by atoms with van der Waals surface area (Å²) in [4.78, 5) is 0. The van der Waals surface area contributed by atoms with E-state index in [0.29, 0.717) is 0 Å². The monoisotopic (exact) mass is 323 g/mol. The quantitative estimate of drug-likeness (QED) is 0.834. The van der Waals surface area contributed by atoms with E-state index in [1.54, 1.807) is 11.6 Å². The first kappa shape index (κ1) is 18.0. The Morgan fingerprint density at radius 2 is 1.76 bits per heavy atom. The first-order valence-corrected chi connectivity index (χ1v) is 8.30. The molecule has 3 nitrogen and oxygen atoms in total. The largest absolute Gasteiger partial charge is 0.511 e. The van der Waals surface area contributed by atoms with E-state index in [-0.39, 0.29) is 12.5 Å². The molecule has 1 rings (SSSR count). The highest BCUT2D eigenvalue weighted by Gasteiger charge is 2.45. The van der Waals surface area contributed by atoms with E-state index in [1.807, 2.05) is 24.3 Å². The van der Waals surface area contributed by atoms with Crippen LogP contribution in [0.2, 0.25) is 0 Å². The van der Waals surface area contributed by atoms with E-state index in [1.165, 1.54) is 5.56 Å². The zero-order valence-corrected chi connectivity index (χ0v) is 12.9. The average molecular weight is 323 g/mol. The van der Waals surface area contributed by atoms with Gasteiger partial charge < -0.3 is 0 Å². The number of halogens is 3. The summed E-state index contributed by atoms with van der Waals surface area (Å²) < 4.78 is 60.1. The number of aryl methyl sites for hydroxylation is 1. The predicted octanol–water partition coefficient (Wildman–Crippen LogP) is 3.57. The van der Waals surface area contributed by atoms with Crippen molar-refractivity contribution in [1.29, 1.82) is 0 Å². The summed E-state index contributed by atoms with van der Waals surface area (Å²) in [6.07, 6.45) is 3.14. The minimum Gasteiger partial charge on any atom is -0.207 e. The minimum atomic E-state index is -5.27. The Bertz CT molecular complexity index is 538. The Hall–Kier alpha value is -1.08. The number of hydrogen-bond acceptors (Lipinski definition) is 2. The van der Waals surface area contributed by atoms with Gasteiger partial charge in [-0.25, -0.2) is 13.1 Å². The number of alkyl halides is 3. The van der Waals surface area contributed by atoms with Crippen molar-refractivity contribution in [2.45, 2.75) is 44.5 Å². The second-order valence-electron chi connectivity index (χ2n) is 5.04. The van der Waals surface area contributed by atoms with Gasteiger partial charge in [0.25, 0.3) is 0 Å². The Kier molecular flexibility index (Phi) is 6.22. The third kappa shape index (κ3) is 5.32. The molecule has 0 saturated heterocycles. The highest BCUT2D eigenvalue weighted by Crippen LogP contribution is 2.23. The molecule has 0 aliphatic heterocycles. The lowest BCUT2D eigenvalue weighted by Gasteiger charge is -2.15. The van der Waals surface area contributed by atoms with Crippen molar-refractivity contribution >= 4 is 10.0 Å². The fraction of sp³-hybridized carbons (Fsp3) is 0.571. The average Bonchev–Trinajstić information content (AvgIpc) is 2.42. The summed E-state index contributed by atoms with van der Waals surface area (Å²) in [6, 6.07) is 7.52. The molecule has 7 heteroatoms. The summed E-state index contributed by atoms with van der Waals surface area (Å²) in [7, 11) is -5.27. The molecule has 0 heterocycles. The molecule has 1 atom stereocenters. The van der Waals surface area contributed by atoms with Gasteiger partial charge in [-0.2, -0.15) is 13.2 Å². The molecule has 1 N–H and O–H groups in total. The lowest BCUT2D eigenvalue weighted by Crippen LogP contribution is -2.38. The number of unbranched alkanes of at least 4 members (excludes halogenated alkanes) is 1. The Balaban J connectivity index is 2.62. The highest BCUT2D eigenvalue weighted by molar-refractivity contribution is 7.90. The van der Waals surface area contributed by atoms with Crippen LogP contribution in [0.15, 0.2) is 24.3 Å². The van der Waals surface area contributed by atoms with Crippen LogP contribution in [-0.4, -0.2) is 20.5 Å². The van der Waals surface area contributed by atoms with E-state index in [0.717, 1.165) is 24.8 Å². The van der Waals surface area contributed by atoms with Gasteiger partial charge in [0.2, 0.25) is 0 Å². The first-order valence-electron chi connectivity index (χ1n) is 6.82. The van der Waals surface area contributed by atoms with Gasteiger partial charge in [0.1, 0.15) is 0 Å². The first-order chi connectivity index (χ1) is 9.67. The van der Waals surface area contributed by atoms with Crippen LogP contribution in [0.25, 0.3) is 0 Å². The van der Waals surface area contributed by atoms with Gasteiger partial charge in [-0.05, 0) is 29.9 Å². The molecular formula is C14H20F3NO2S. The predicted molar refractivity (Wildman–Crippen MR) is 76.4 cm³/mol. The van der Waals surface area contributed by atoms with E-state index >= 15 is 0 Å². The molecule has 1 aromatic rings. The Morgan fingerprint density at radius 1 is 1.19 bits per heavy atom. The SMILES string of the molecule is CCCCc1ccc(C(C)CNS(=O)(=O)C(F)(F)F)cc1. The Labute approximate surface area is 123 Å². The van der Waals surface area contributed by atoms with Crippen LogP contribution in [0.5, 0.6) is 0 Å². The number of hydrogen-bond donors (Lipinski definition) is 1. The molecular weight excluding hydrogens is 303 g/mol. The van der Waals surface area contributed by atoms with Crippen molar-refractivity contribution in [2.75, 3.05) is 6.54 Å². The maximum atomic E-state index is 12.2. The second-order valence-corrected chi connectivity index (χ2v) is 6.80. The van der Waals surface area contributed by atoms with E-state index < -0.39 is 15.5 Å². The van der Waals surface area contributed by atoms with Crippen molar-refractivity contribution in [3.05, 3.63) is 35.4 Å². The molecule has 0 amide bonds. The van der Waals surface area contributed by atoms with Gasteiger partial charge >= 0.3 is 15.5 Å².